The summed E-state index contributed by atoms with van der Waals surface area (Å²) < 4.78 is 13.2. The number of benzene rings is 3. The van der Waals surface area contributed by atoms with Crippen LogP contribution in [0.3, 0.4) is 0 Å². The molecule has 4 nitrogen and oxygen atoms in total. The topological polar surface area (TPSA) is 36.3 Å². The van der Waals surface area contributed by atoms with E-state index in [1.165, 1.54) is 5.56 Å². The average Bonchev–Trinajstić information content (AvgIpc) is 3.12. The standard InChI is InChI=1S/C23H22N2O2/c1-16(17-9-5-4-6-10-17)25-20-12-8-7-11-19(20)24-23(25)18-13-14-21(26-2)22(15-18)27-3/h4-16H,1-3H3/t16-/m0/s1. The quantitative estimate of drug-likeness (QED) is 0.484. The van der Waals surface area contributed by atoms with E-state index in [0.29, 0.717) is 11.5 Å². The molecule has 0 aliphatic heterocycles. The number of para-hydroxylation sites is 2. The molecular formula is C23H22N2O2. The molecule has 0 aliphatic rings. The van der Waals surface area contributed by atoms with E-state index in [9.17, 15) is 0 Å². The number of ether oxygens (including phenoxy) is 2. The highest BCUT2D eigenvalue weighted by atomic mass is 16.5. The van der Waals surface area contributed by atoms with Gasteiger partial charge in [0.1, 0.15) is 5.82 Å². The Balaban J connectivity index is 1.93. The SMILES string of the molecule is COc1ccc(-c2nc3ccccc3n2[C@@H](C)c2ccccc2)cc1OC. The third-order valence-electron chi connectivity index (χ3n) is 4.91. The summed E-state index contributed by atoms with van der Waals surface area (Å²) in [5.74, 6) is 2.31. The lowest BCUT2D eigenvalue weighted by atomic mass is 10.1. The molecule has 0 unspecified atom stereocenters. The van der Waals surface area contributed by atoms with E-state index < -0.39 is 0 Å². The minimum atomic E-state index is 0.140. The zero-order valence-corrected chi connectivity index (χ0v) is 15.7. The Morgan fingerprint density at radius 2 is 1.52 bits per heavy atom. The van der Waals surface area contributed by atoms with E-state index >= 15 is 0 Å². The summed E-state index contributed by atoms with van der Waals surface area (Å²) in [6, 6.07) is 24.8. The third kappa shape index (κ3) is 3.04. The summed E-state index contributed by atoms with van der Waals surface area (Å²) in [5, 5.41) is 0. The van der Waals surface area contributed by atoms with Gasteiger partial charge >= 0.3 is 0 Å². The normalized spacial score (nSPS) is 12.1. The molecule has 0 radical (unpaired) electrons. The monoisotopic (exact) mass is 358 g/mol. The molecule has 0 spiro atoms. The first-order chi connectivity index (χ1) is 13.2. The first-order valence-corrected chi connectivity index (χ1v) is 8.97. The van der Waals surface area contributed by atoms with Crippen molar-refractivity contribution in [3.8, 4) is 22.9 Å². The molecule has 0 fully saturated rings. The molecule has 4 aromatic rings. The maximum Gasteiger partial charge on any atom is 0.161 e. The van der Waals surface area contributed by atoms with Gasteiger partial charge in [-0.3, -0.25) is 0 Å². The van der Waals surface area contributed by atoms with Gasteiger partial charge in [-0.25, -0.2) is 4.98 Å². The lowest BCUT2D eigenvalue weighted by Gasteiger charge is -2.19. The Morgan fingerprint density at radius 1 is 0.815 bits per heavy atom. The molecule has 0 bridgehead atoms. The van der Waals surface area contributed by atoms with Gasteiger partial charge in [0.05, 0.1) is 31.3 Å². The zero-order chi connectivity index (χ0) is 18.8. The van der Waals surface area contributed by atoms with Crippen LogP contribution in [0.15, 0.2) is 72.8 Å². The fourth-order valence-electron chi connectivity index (χ4n) is 3.50. The summed E-state index contributed by atoms with van der Waals surface area (Å²) in [6.07, 6.45) is 0. The van der Waals surface area contributed by atoms with Crippen molar-refractivity contribution in [2.24, 2.45) is 0 Å². The lowest BCUT2D eigenvalue weighted by Crippen LogP contribution is -2.08. The number of rotatable bonds is 5. The van der Waals surface area contributed by atoms with Gasteiger partial charge in [-0.1, -0.05) is 42.5 Å². The Bertz CT molecular complexity index is 1070. The highest BCUT2D eigenvalue weighted by Gasteiger charge is 2.19. The molecular weight excluding hydrogens is 336 g/mol. The number of hydrogen-bond acceptors (Lipinski definition) is 3. The molecule has 4 heteroatoms. The smallest absolute Gasteiger partial charge is 0.161 e. The minimum absolute atomic E-state index is 0.140. The number of methoxy groups -OCH3 is 2. The number of aromatic nitrogens is 2. The molecule has 0 aliphatic carbocycles. The van der Waals surface area contributed by atoms with Crippen LogP contribution in [0.1, 0.15) is 18.5 Å². The number of hydrogen-bond donors (Lipinski definition) is 0. The van der Waals surface area contributed by atoms with Gasteiger partial charge in [-0.2, -0.15) is 0 Å². The van der Waals surface area contributed by atoms with Crippen molar-refractivity contribution in [2.45, 2.75) is 13.0 Å². The number of nitrogens with zero attached hydrogens (tertiary/aromatic N) is 2. The van der Waals surface area contributed by atoms with Gasteiger partial charge in [0, 0.05) is 5.56 Å². The van der Waals surface area contributed by atoms with E-state index in [1.54, 1.807) is 14.2 Å². The second-order valence-corrected chi connectivity index (χ2v) is 6.45. The molecule has 4 rings (SSSR count). The first kappa shape index (κ1) is 17.2. The van der Waals surface area contributed by atoms with Gasteiger partial charge < -0.3 is 14.0 Å². The summed E-state index contributed by atoms with van der Waals surface area (Å²) in [5.41, 5.74) is 4.32. The highest BCUT2D eigenvalue weighted by Crippen LogP contribution is 2.35. The predicted octanol–water partition coefficient (Wildman–Crippen LogP) is 5.33. The Hall–Kier alpha value is -3.27. The summed E-state index contributed by atoms with van der Waals surface area (Å²) in [4.78, 5) is 4.93. The third-order valence-corrected chi connectivity index (χ3v) is 4.91. The van der Waals surface area contributed by atoms with Crippen LogP contribution < -0.4 is 9.47 Å². The van der Waals surface area contributed by atoms with Gasteiger partial charge in [-0.05, 0) is 42.8 Å². The first-order valence-electron chi connectivity index (χ1n) is 8.97. The van der Waals surface area contributed by atoms with Crippen molar-refractivity contribution in [3.05, 3.63) is 78.4 Å². The van der Waals surface area contributed by atoms with Crippen LogP contribution in [0.2, 0.25) is 0 Å². The predicted molar refractivity (Wildman–Crippen MR) is 109 cm³/mol. The maximum atomic E-state index is 5.50. The molecule has 1 heterocycles. The molecule has 3 aromatic carbocycles. The second-order valence-electron chi connectivity index (χ2n) is 6.45. The minimum Gasteiger partial charge on any atom is -0.493 e. The van der Waals surface area contributed by atoms with Crippen molar-refractivity contribution < 1.29 is 9.47 Å². The van der Waals surface area contributed by atoms with E-state index in [4.69, 9.17) is 14.5 Å². The van der Waals surface area contributed by atoms with E-state index in [0.717, 1.165) is 22.4 Å². The van der Waals surface area contributed by atoms with E-state index in [1.807, 2.05) is 36.4 Å². The van der Waals surface area contributed by atoms with E-state index in [-0.39, 0.29) is 6.04 Å². The van der Waals surface area contributed by atoms with Crippen molar-refractivity contribution in [1.82, 2.24) is 9.55 Å². The largest absolute Gasteiger partial charge is 0.493 e. The van der Waals surface area contributed by atoms with Crippen molar-refractivity contribution >= 4 is 11.0 Å². The van der Waals surface area contributed by atoms with Gasteiger partial charge in [0.15, 0.2) is 11.5 Å². The van der Waals surface area contributed by atoms with Crippen LogP contribution in [0, 0.1) is 0 Å². The van der Waals surface area contributed by atoms with Crippen molar-refractivity contribution in [3.63, 3.8) is 0 Å². The Morgan fingerprint density at radius 3 is 2.26 bits per heavy atom. The zero-order valence-electron chi connectivity index (χ0n) is 15.7. The molecule has 0 N–H and O–H groups in total. The average molecular weight is 358 g/mol. The molecule has 0 amide bonds. The fraction of sp³-hybridized carbons (Fsp3) is 0.174. The van der Waals surface area contributed by atoms with Crippen LogP contribution >= 0.6 is 0 Å². The molecule has 0 saturated heterocycles. The van der Waals surface area contributed by atoms with E-state index in [2.05, 4.69) is 47.9 Å². The van der Waals surface area contributed by atoms with Crippen LogP contribution in [0.25, 0.3) is 22.4 Å². The van der Waals surface area contributed by atoms with Crippen molar-refractivity contribution in [2.75, 3.05) is 14.2 Å². The van der Waals surface area contributed by atoms with Crippen molar-refractivity contribution in [1.29, 1.82) is 0 Å². The number of fused-ring (bicyclic) bond motifs is 1. The Labute approximate surface area is 159 Å². The van der Waals surface area contributed by atoms with Crippen LogP contribution in [0.5, 0.6) is 11.5 Å². The number of imidazole rings is 1. The summed E-state index contributed by atoms with van der Waals surface area (Å²) in [6.45, 7) is 2.20. The Kier molecular flexibility index (Phi) is 4.55. The molecule has 1 atom stereocenters. The molecule has 1 aromatic heterocycles. The van der Waals surface area contributed by atoms with Gasteiger partial charge in [0.2, 0.25) is 0 Å². The second kappa shape index (κ2) is 7.16. The summed E-state index contributed by atoms with van der Waals surface area (Å²) >= 11 is 0. The van der Waals surface area contributed by atoms with Gasteiger partial charge in [-0.15, -0.1) is 0 Å². The van der Waals surface area contributed by atoms with Crippen LogP contribution in [-0.2, 0) is 0 Å². The molecule has 136 valence electrons. The highest BCUT2D eigenvalue weighted by molar-refractivity contribution is 5.81. The summed E-state index contributed by atoms with van der Waals surface area (Å²) in [7, 11) is 3.29. The lowest BCUT2D eigenvalue weighted by molar-refractivity contribution is 0.355. The van der Waals surface area contributed by atoms with Crippen LogP contribution in [0.4, 0.5) is 0 Å². The molecule has 27 heavy (non-hydrogen) atoms. The van der Waals surface area contributed by atoms with Gasteiger partial charge in [0.25, 0.3) is 0 Å². The maximum absolute atomic E-state index is 5.50. The fourth-order valence-corrected chi connectivity index (χ4v) is 3.50. The molecule has 0 saturated carbocycles. The van der Waals surface area contributed by atoms with Crippen LogP contribution in [-0.4, -0.2) is 23.8 Å².